The first kappa shape index (κ1) is 11.7. The number of hydrogen-bond acceptors (Lipinski definition) is 3. The molecule has 0 aromatic rings. The second kappa shape index (κ2) is 6.77. The molecule has 0 aromatic carbocycles. The lowest BCUT2D eigenvalue weighted by molar-refractivity contribution is 0.374. The molecule has 0 radical (unpaired) electrons. The Balaban J connectivity index is 1.68. The van der Waals surface area contributed by atoms with Crippen LogP contribution in [0.5, 0.6) is 0 Å². The van der Waals surface area contributed by atoms with Crippen molar-refractivity contribution in [1.29, 1.82) is 0 Å². The van der Waals surface area contributed by atoms with Crippen LogP contribution in [-0.2, 0) is 0 Å². The molecule has 2 rings (SSSR count). The Morgan fingerprint density at radius 2 is 1.81 bits per heavy atom. The van der Waals surface area contributed by atoms with Gasteiger partial charge in [-0.25, -0.2) is 0 Å². The highest BCUT2D eigenvalue weighted by Gasteiger charge is 2.12. The van der Waals surface area contributed by atoms with Gasteiger partial charge in [-0.1, -0.05) is 32.1 Å². The maximum absolute atomic E-state index is 4.45. The normalized spacial score (nSPS) is 23.9. The highest BCUT2D eigenvalue weighted by atomic mass is 15.2. The van der Waals surface area contributed by atoms with E-state index in [1.807, 2.05) is 0 Å². The van der Waals surface area contributed by atoms with E-state index in [-0.39, 0.29) is 0 Å². The molecule has 1 fully saturated rings. The Morgan fingerprint density at radius 3 is 2.50 bits per heavy atom. The minimum Gasteiger partial charge on any atom is -0.356 e. The Kier molecular flexibility index (Phi) is 4.97. The van der Waals surface area contributed by atoms with Crippen molar-refractivity contribution in [3.8, 4) is 0 Å². The molecule has 0 saturated heterocycles. The summed E-state index contributed by atoms with van der Waals surface area (Å²) in [5.41, 5.74) is 0. The topological polar surface area (TPSA) is 36.4 Å². The van der Waals surface area contributed by atoms with Gasteiger partial charge in [0.25, 0.3) is 0 Å². The van der Waals surface area contributed by atoms with Gasteiger partial charge in [-0.15, -0.1) is 0 Å². The van der Waals surface area contributed by atoms with Gasteiger partial charge in [-0.2, -0.15) is 0 Å². The minimum atomic E-state index is 0.867. The summed E-state index contributed by atoms with van der Waals surface area (Å²) in [6.07, 6.45) is 11.2. The van der Waals surface area contributed by atoms with Crippen LogP contribution in [0.4, 0.5) is 0 Å². The molecule has 0 amide bonds. The first-order valence-electron chi connectivity index (χ1n) is 6.97. The van der Waals surface area contributed by atoms with Crippen molar-refractivity contribution in [2.75, 3.05) is 19.6 Å². The monoisotopic (exact) mass is 223 g/mol. The molecule has 3 nitrogen and oxygen atoms in total. The van der Waals surface area contributed by atoms with Gasteiger partial charge in [0.1, 0.15) is 0 Å². The molecule has 3 heteroatoms. The van der Waals surface area contributed by atoms with Gasteiger partial charge in [0.15, 0.2) is 5.96 Å². The SMILES string of the molecule is C1CCCC(CNC2=NCCCN2)CCC1. The molecular weight excluding hydrogens is 198 g/mol. The zero-order valence-corrected chi connectivity index (χ0v) is 10.3. The molecule has 1 heterocycles. The van der Waals surface area contributed by atoms with Crippen molar-refractivity contribution in [1.82, 2.24) is 10.6 Å². The average molecular weight is 223 g/mol. The number of aliphatic imine (C=N–C) groups is 1. The molecule has 0 aromatic heterocycles. The maximum Gasteiger partial charge on any atom is 0.191 e. The maximum atomic E-state index is 4.45. The molecule has 1 saturated carbocycles. The number of nitrogens with zero attached hydrogens (tertiary/aromatic N) is 1. The molecule has 0 spiro atoms. The smallest absolute Gasteiger partial charge is 0.191 e. The third kappa shape index (κ3) is 4.03. The fraction of sp³-hybridized carbons (Fsp3) is 0.923. The predicted octanol–water partition coefficient (Wildman–Crippen LogP) is 2.29. The summed E-state index contributed by atoms with van der Waals surface area (Å²) < 4.78 is 0. The van der Waals surface area contributed by atoms with Gasteiger partial charge in [0.2, 0.25) is 0 Å². The van der Waals surface area contributed by atoms with Crippen molar-refractivity contribution in [3.63, 3.8) is 0 Å². The van der Waals surface area contributed by atoms with Crippen LogP contribution in [0, 0.1) is 5.92 Å². The van der Waals surface area contributed by atoms with Crippen molar-refractivity contribution in [2.24, 2.45) is 10.9 Å². The zero-order valence-electron chi connectivity index (χ0n) is 10.3. The van der Waals surface area contributed by atoms with Crippen molar-refractivity contribution >= 4 is 5.96 Å². The highest BCUT2D eigenvalue weighted by Crippen LogP contribution is 2.21. The first-order chi connectivity index (χ1) is 7.95. The number of guanidine groups is 1. The summed E-state index contributed by atoms with van der Waals surface area (Å²) in [4.78, 5) is 4.45. The van der Waals surface area contributed by atoms with E-state index >= 15 is 0 Å². The van der Waals surface area contributed by atoms with Crippen molar-refractivity contribution in [2.45, 2.75) is 51.4 Å². The Hall–Kier alpha value is -0.730. The molecular formula is C13H25N3. The van der Waals surface area contributed by atoms with Gasteiger partial charge >= 0.3 is 0 Å². The molecule has 0 atom stereocenters. The molecule has 2 N–H and O–H groups in total. The highest BCUT2D eigenvalue weighted by molar-refractivity contribution is 5.80. The van der Waals surface area contributed by atoms with Crippen LogP contribution >= 0.6 is 0 Å². The fourth-order valence-electron chi connectivity index (χ4n) is 2.64. The largest absolute Gasteiger partial charge is 0.356 e. The Labute approximate surface area is 99.1 Å². The quantitative estimate of drug-likeness (QED) is 0.753. The van der Waals surface area contributed by atoms with Crippen LogP contribution in [0.15, 0.2) is 4.99 Å². The van der Waals surface area contributed by atoms with Crippen LogP contribution in [0.3, 0.4) is 0 Å². The fourth-order valence-corrected chi connectivity index (χ4v) is 2.64. The summed E-state index contributed by atoms with van der Waals surface area (Å²) >= 11 is 0. The van der Waals surface area contributed by atoms with Crippen LogP contribution in [0.25, 0.3) is 0 Å². The van der Waals surface area contributed by atoms with Crippen LogP contribution in [0.1, 0.15) is 51.4 Å². The molecule has 1 aliphatic carbocycles. The third-order valence-electron chi connectivity index (χ3n) is 3.68. The summed E-state index contributed by atoms with van der Waals surface area (Å²) in [7, 11) is 0. The first-order valence-corrected chi connectivity index (χ1v) is 6.97. The lowest BCUT2D eigenvalue weighted by Gasteiger charge is -2.22. The standard InChI is InChI=1S/C13H25N3/c1-2-4-7-12(8-5-3-1)11-16-13-14-9-6-10-15-13/h12H,1-11H2,(H2,14,15,16). The summed E-state index contributed by atoms with van der Waals surface area (Å²) in [6, 6.07) is 0. The molecule has 92 valence electrons. The summed E-state index contributed by atoms with van der Waals surface area (Å²) in [6.45, 7) is 3.18. The summed E-state index contributed by atoms with van der Waals surface area (Å²) in [5.74, 6) is 1.90. The molecule has 1 aliphatic heterocycles. The van der Waals surface area contributed by atoms with E-state index in [2.05, 4.69) is 15.6 Å². The lowest BCUT2D eigenvalue weighted by Crippen LogP contribution is -2.42. The van der Waals surface area contributed by atoms with Crippen LogP contribution < -0.4 is 10.6 Å². The van der Waals surface area contributed by atoms with Gasteiger partial charge in [-0.3, -0.25) is 4.99 Å². The Morgan fingerprint density at radius 1 is 1.06 bits per heavy atom. The van der Waals surface area contributed by atoms with Gasteiger partial charge in [0, 0.05) is 19.6 Å². The van der Waals surface area contributed by atoms with E-state index < -0.39 is 0 Å². The van der Waals surface area contributed by atoms with Gasteiger partial charge in [-0.05, 0) is 25.2 Å². The van der Waals surface area contributed by atoms with E-state index in [0.717, 1.165) is 31.5 Å². The second-order valence-corrected chi connectivity index (χ2v) is 5.10. The van der Waals surface area contributed by atoms with Crippen molar-refractivity contribution in [3.05, 3.63) is 0 Å². The zero-order chi connectivity index (χ0) is 11.1. The van der Waals surface area contributed by atoms with Crippen LogP contribution in [0.2, 0.25) is 0 Å². The summed E-state index contributed by atoms with van der Waals surface area (Å²) in [5, 5.41) is 6.80. The molecule has 0 unspecified atom stereocenters. The predicted molar refractivity (Wildman–Crippen MR) is 68.7 cm³/mol. The van der Waals surface area contributed by atoms with E-state index in [0.29, 0.717) is 0 Å². The van der Waals surface area contributed by atoms with E-state index in [1.165, 1.54) is 51.4 Å². The van der Waals surface area contributed by atoms with Gasteiger partial charge in [0.05, 0.1) is 0 Å². The molecule has 0 bridgehead atoms. The molecule has 2 aliphatic rings. The van der Waals surface area contributed by atoms with E-state index in [4.69, 9.17) is 0 Å². The Bertz CT molecular complexity index is 217. The number of rotatable bonds is 2. The third-order valence-corrected chi connectivity index (χ3v) is 3.68. The van der Waals surface area contributed by atoms with E-state index in [1.54, 1.807) is 0 Å². The van der Waals surface area contributed by atoms with Gasteiger partial charge < -0.3 is 10.6 Å². The van der Waals surface area contributed by atoms with Crippen LogP contribution in [-0.4, -0.2) is 25.6 Å². The second-order valence-electron chi connectivity index (χ2n) is 5.10. The lowest BCUT2D eigenvalue weighted by atomic mass is 9.91. The van der Waals surface area contributed by atoms with Crippen molar-refractivity contribution < 1.29 is 0 Å². The molecule has 16 heavy (non-hydrogen) atoms. The number of hydrogen-bond donors (Lipinski definition) is 2. The van der Waals surface area contributed by atoms with E-state index in [9.17, 15) is 0 Å². The average Bonchev–Trinajstić information content (AvgIpc) is 2.29. The minimum absolute atomic E-state index is 0.867. The number of nitrogens with one attached hydrogen (secondary N) is 2.